The molecule has 2 aromatic rings. The SMILES string of the molecule is O=C(O)CCC1CCN(C(=O)C(NC(=O)OCC2c3ccccc3-c3ccccc32)C2CC2)C1. The van der Waals surface area contributed by atoms with E-state index >= 15 is 0 Å². The number of alkyl carbamates (subject to hydrolysis) is 1. The maximum atomic E-state index is 13.2. The predicted octanol–water partition coefficient (Wildman–Crippen LogP) is 4.02. The molecular weight excluding hydrogens is 432 g/mol. The predicted molar refractivity (Wildman–Crippen MR) is 126 cm³/mol. The number of rotatable bonds is 8. The molecule has 1 saturated heterocycles. The lowest BCUT2D eigenvalue weighted by atomic mass is 9.98. The van der Waals surface area contributed by atoms with Crippen LogP contribution in [-0.2, 0) is 14.3 Å². The number of benzene rings is 2. The van der Waals surface area contributed by atoms with Crippen molar-refractivity contribution in [2.45, 2.75) is 44.1 Å². The summed E-state index contributed by atoms with van der Waals surface area (Å²) in [6.45, 7) is 1.38. The molecule has 7 nitrogen and oxygen atoms in total. The van der Waals surface area contributed by atoms with E-state index in [-0.39, 0.29) is 36.7 Å². The van der Waals surface area contributed by atoms with Crippen LogP contribution in [0.5, 0.6) is 0 Å². The van der Waals surface area contributed by atoms with Crippen LogP contribution in [0.15, 0.2) is 48.5 Å². The second kappa shape index (κ2) is 9.49. The van der Waals surface area contributed by atoms with Crippen molar-refractivity contribution < 1.29 is 24.2 Å². The van der Waals surface area contributed by atoms with E-state index in [2.05, 4.69) is 29.6 Å². The summed E-state index contributed by atoms with van der Waals surface area (Å²) in [5.74, 6) is -0.561. The molecule has 0 spiro atoms. The Kier molecular flexibility index (Phi) is 6.26. The van der Waals surface area contributed by atoms with Crippen LogP contribution >= 0.6 is 0 Å². The fourth-order valence-electron chi connectivity index (χ4n) is 5.37. The highest BCUT2D eigenvalue weighted by Crippen LogP contribution is 2.44. The third-order valence-electron chi connectivity index (χ3n) is 7.34. The van der Waals surface area contributed by atoms with E-state index in [9.17, 15) is 14.4 Å². The molecule has 3 aliphatic rings. The van der Waals surface area contributed by atoms with Crippen LogP contribution in [0.4, 0.5) is 4.79 Å². The topological polar surface area (TPSA) is 95.9 Å². The molecular formula is C27H30N2O5. The van der Waals surface area contributed by atoms with Crippen molar-refractivity contribution in [1.82, 2.24) is 10.2 Å². The van der Waals surface area contributed by atoms with Crippen molar-refractivity contribution in [3.05, 3.63) is 59.7 Å². The Morgan fingerprint density at radius 2 is 1.65 bits per heavy atom. The van der Waals surface area contributed by atoms with Crippen LogP contribution in [0.3, 0.4) is 0 Å². The van der Waals surface area contributed by atoms with Crippen molar-refractivity contribution in [2.75, 3.05) is 19.7 Å². The standard InChI is InChI=1S/C27H30N2O5/c30-24(31)12-9-17-13-14-29(15-17)26(32)25(18-10-11-18)28-27(33)34-16-23-21-7-3-1-5-19(21)20-6-2-4-8-22(20)23/h1-8,17-18,23,25H,9-16H2,(H,28,33)(H,30,31). The number of hydrogen-bond donors (Lipinski definition) is 2. The van der Waals surface area contributed by atoms with Gasteiger partial charge in [-0.05, 0) is 59.8 Å². The Hall–Kier alpha value is -3.35. The number of nitrogens with zero attached hydrogens (tertiary/aromatic N) is 1. The summed E-state index contributed by atoms with van der Waals surface area (Å²) < 4.78 is 5.66. The normalized spacial score (nSPS) is 19.9. The first-order chi connectivity index (χ1) is 16.5. The molecule has 2 unspecified atom stereocenters. The van der Waals surface area contributed by atoms with Gasteiger partial charge in [-0.2, -0.15) is 0 Å². The van der Waals surface area contributed by atoms with Crippen LogP contribution in [-0.4, -0.2) is 53.7 Å². The highest BCUT2D eigenvalue weighted by Gasteiger charge is 2.41. The minimum absolute atomic E-state index is 0.0261. The summed E-state index contributed by atoms with van der Waals surface area (Å²) in [6, 6.07) is 15.8. The Morgan fingerprint density at radius 3 is 2.26 bits per heavy atom. The first-order valence-electron chi connectivity index (χ1n) is 12.1. The lowest BCUT2D eigenvalue weighted by Gasteiger charge is -2.24. The van der Waals surface area contributed by atoms with Gasteiger partial charge in [0, 0.05) is 25.4 Å². The van der Waals surface area contributed by atoms with Crippen molar-refractivity contribution in [3.63, 3.8) is 0 Å². The van der Waals surface area contributed by atoms with Gasteiger partial charge >= 0.3 is 12.1 Å². The molecule has 2 aromatic carbocycles. The molecule has 2 atom stereocenters. The van der Waals surface area contributed by atoms with Crippen LogP contribution in [0.1, 0.15) is 49.1 Å². The minimum Gasteiger partial charge on any atom is -0.481 e. The highest BCUT2D eigenvalue weighted by molar-refractivity contribution is 5.86. The number of carbonyl (C=O) groups is 3. The van der Waals surface area contributed by atoms with Crippen LogP contribution in [0, 0.1) is 11.8 Å². The van der Waals surface area contributed by atoms with Crippen molar-refractivity contribution in [1.29, 1.82) is 0 Å². The molecule has 0 radical (unpaired) electrons. The van der Waals surface area contributed by atoms with E-state index in [1.165, 1.54) is 11.1 Å². The zero-order valence-electron chi connectivity index (χ0n) is 19.1. The number of fused-ring (bicyclic) bond motifs is 3. The first kappa shape index (κ1) is 22.4. The van der Waals surface area contributed by atoms with Crippen LogP contribution in [0.25, 0.3) is 11.1 Å². The molecule has 5 rings (SSSR count). The Labute approximate surface area is 199 Å². The van der Waals surface area contributed by atoms with E-state index < -0.39 is 18.1 Å². The van der Waals surface area contributed by atoms with Gasteiger partial charge in [-0.15, -0.1) is 0 Å². The summed E-state index contributed by atoms with van der Waals surface area (Å²) in [7, 11) is 0. The number of amides is 2. The molecule has 7 heteroatoms. The molecule has 2 amide bonds. The molecule has 1 aliphatic heterocycles. The molecule has 1 saturated carbocycles. The lowest BCUT2D eigenvalue weighted by molar-refractivity contribution is -0.137. The Morgan fingerprint density at radius 1 is 1.00 bits per heavy atom. The molecule has 2 N–H and O–H groups in total. The zero-order valence-corrected chi connectivity index (χ0v) is 19.1. The number of hydrogen-bond acceptors (Lipinski definition) is 4. The van der Waals surface area contributed by atoms with E-state index in [1.807, 2.05) is 24.3 Å². The largest absolute Gasteiger partial charge is 0.481 e. The molecule has 1 heterocycles. The van der Waals surface area contributed by atoms with Gasteiger partial charge in [0.2, 0.25) is 5.91 Å². The van der Waals surface area contributed by atoms with Crippen molar-refractivity contribution in [3.8, 4) is 11.1 Å². The quantitative estimate of drug-likeness (QED) is 0.618. The number of carboxylic acids is 1. The molecule has 0 bridgehead atoms. The Bertz CT molecular complexity index is 1050. The fraction of sp³-hybridized carbons (Fsp3) is 0.444. The number of aliphatic carboxylic acids is 1. The monoisotopic (exact) mass is 462 g/mol. The number of likely N-dealkylation sites (tertiary alicyclic amines) is 1. The Balaban J connectivity index is 1.19. The number of ether oxygens (including phenoxy) is 1. The number of carboxylic acid groups (broad SMARTS) is 1. The van der Waals surface area contributed by atoms with Gasteiger partial charge in [-0.25, -0.2) is 4.79 Å². The van der Waals surface area contributed by atoms with Gasteiger partial charge in [-0.3, -0.25) is 9.59 Å². The molecule has 0 aromatic heterocycles. The summed E-state index contributed by atoms with van der Waals surface area (Å²) in [6.07, 6.45) is 2.77. The summed E-state index contributed by atoms with van der Waals surface area (Å²) in [5.41, 5.74) is 4.64. The van der Waals surface area contributed by atoms with Gasteiger partial charge in [-0.1, -0.05) is 48.5 Å². The van der Waals surface area contributed by atoms with Crippen molar-refractivity contribution >= 4 is 18.0 Å². The van der Waals surface area contributed by atoms with Crippen molar-refractivity contribution in [2.24, 2.45) is 11.8 Å². The third kappa shape index (κ3) is 4.65. The maximum absolute atomic E-state index is 13.2. The number of carbonyl (C=O) groups excluding carboxylic acids is 2. The van der Waals surface area contributed by atoms with Gasteiger partial charge in [0.25, 0.3) is 0 Å². The fourth-order valence-corrected chi connectivity index (χ4v) is 5.37. The smallest absolute Gasteiger partial charge is 0.407 e. The van der Waals surface area contributed by atoms with E-state index in [4.69, 9.17) is 9.84 Å². The van der Waals surface area contributed by atoms with E-state index in [0.29, 0.717) is 19.5 Å². The second-order valence-corrected chi connectivity index (χ2v) is 9.66. The summed E-state index contributed by atoms with van der Waals surface area (Å²) in [4.78, 5) is 38.6. The van der Waals surface area contributed by atoms with Gasteiger partial charge in [0.1, 0.15) is 12.6 Å². The zero-order chi connectivity index (χ0) is 23.7. The second-order valence-electron chi connectivity index (χ2n) is 9.66. The number of nitrogens with one attached hydrogen (secondary N) is 1. The molecule has 2 fully saturated rings. The summed E-state index contributed by atoms with van der Waals surface area (Å²) >= 11 is 0. The van der Waals surface area contributed by atoms with Crippen LogP contribution < -0.4 is 5.32 Å². The third-order valence-corrected chi connectivity index (χ3v) is 7.34. The summed E-state index contributed by atoms with van der Waals surface area (Å²) in [5, 5.41) is 11.8. The van der Waals surface area contributed by atoms with Gasteiger partial charge < -0.3 is 20.1 Å². The van der Waals surface area contributed by atoms with Gasteiger partial charge in [0.05, 0.1) is 0 Å². The molecule has 178 valence electrons. The first-order valence-corrected chi connectivity index (χ1v) is 12.1. The molecule has 34 heavy (non-hydrogen) atoms. The van der Waals surface area contributed by atoms with E-state index in [1.54, 1.807) is 4.90 Å². The van der Waals surface area contributed by atoms with Gasteiger partial charge in [0.15, 0.2) is 0 Å². The highest BCUT2D eigenvalue weighted by atomic mass is 16.5. The maximum Gasteiger partial charge on any atom is 0.407 e. The average Bonchev–Trinajstić information content (AvgIpc) is 3.48. The lowest BCUT2D eigenvalue weighted by Crippen LogP contribution is -2.49. The van der Waals surface area contributed by atoms with E-state index in [0.717, 1.165) is 30.4 Å². The molecule has 2 aliphatic carbocycles. The minimum atomic E-state index is -0.808. The van der Waals surface area contributed by atoms with Crippen LogP contribution in [0.2, 0.25) is 0 Å². The average molecular weight is 463 g/mol.